The van der Waals surface area contributed by atoms with Gasteiger partial charge in [0.05, 0.1) is 19.0 Å². The van der Waals surface area contributed by atoms with Crippen molar-refractivity contribution in [3.05, 3.63) is 90.0 Å². The molecule has 1 unspecified atom stereocenters. The molecular formula is C25H25N5O4. The molecule has 0 aliphatic carbocycles. The molecule has 0 fully saturated rings. The number of rotatable bonds is 9. The van der Waals surface area contributed by atoms with E-state index in [9.17, 15) is 19.5 Å². The molecule has 0 aromatic heterocycles. The van der Waals surface area contributed by atoms with Crippen LogP contribution in [0.3, 0.4) is 0 Å². The van der Waals surface area contributed by atoms with Crippen LogP contribution < -0.4 is 21.7 Å². The van der Waals surface area contributed by atoms with E-state index in [0.29, 0.717) is 11.3 Å². The van der Waals surface area contributed by atoms with Crippen LogP contribution in [0.25, 0.3) is 11.1 Å². The fourth-order valence-electron chi connectivity index (χ4n) is 3.39. The zero-order chi connectivity index (χ0) is 24.5. The van der Waals surface area contributed by atoms with Crippen molar-refractivity contribution in [3.63, 3.8) is 0 Å². The van der Waals surface area contributed by atoms with Gasteiger partial charge in [-0.05, 0) is 41.0 Å². The molecule has 0 bridgehead atoms. The lowest BCUT2D eigenvalue weighted by Gasteiger charge is -2.19. The summed E-state index contributed by atoms with van der Waals surface area (Å²) in [6.07, 6.45) is -0.309. The van der Waals surface area contributed by atoms with E-state index in [1.807, 2.05) is 48.5 Å². The maximum atomic E-state index is 12.5. The second kappa shape index (κ2) is 11.3. The summed E-state index contributed by atoms with van der Waals surface area (Å²) in [5, 5.41) is 24.4. The number of benzene rings is 3. The van der Waals surface area contributed by atoms with E-state index in [1.165, 1.54) is 6.07 Å². The topological polar surface area (TPSA) is 157 Å². The van der Waals surface area contributed by atoms with Gasteiger partial charge < -0.3 is 26.8 Å². The minimum absolute atomic E-state index is 0.266. The van der Waals surface area contributed by atoms with Crippen LogP contribution in [0.15, 0.2) is 78.9 Å². The fraction of sp³-hybridized carbons (Fsp3) is 0.120. The molecule has 174 valence electrons. The van der Waals surface area contributed by atoms with E-state index in [1.54, 1.807) is 24.3 Å². The van der Waals surface area contributed by atoms with Crippen LogP contribution in [0, 0.1) is 5.41 Å². The molecule has 3 aromatic rings. The maximum absolute atomic E-state index is 12.5. The minimum Gasteiger partial charge on any atom is -0.481 e. The van der Waals surface area contributed by atoms with Crippen LogP contribution in [-0.2, 0) is 9.59 Å². The third kappa shape index (κ3) is 6.92. The quantitative estimate of drug-likeness (QED) is 0.213. The van der Waals surface area contributed by atoms with Crippen LogP contribution in [0.5, 0.6) is 0 Å². The largest absolute Gasteiger partial charge is 0.481 e. The number of hydrogen-bond donors (Lipinski definition) is 6. The lowest BCUT2D eigenvalue weighted by Crippen LogP contribution is -2.39. The fourth-order valence-corrected chi connectivity index (χ4v) is 3.39. The average Bonchev–Trinajstić information content (AvgIpc) is 2.82. The van der Waals surface area contributed by atoms with E-state index in [2.05, 4.69) is 16.0 Å². The highest BCUT2D eigenvalue weighted by molar-refractivity contribution is 5.98. The first-order valence-electron chi connectivity index (χ1n) is 10.5. The standard InChI is InChI=1S/C25H25N5O4/c26-25(27)29-20-11-5-10-19(13-20)24(34)28-15-22(31)30-21(14-23(32)33)18-9-4-8-17(12-18)16-6-2-1-3-7-16/h1-13,21H,14-15H2,(H,28,34)(H,30,31)(H,32,33)(H4,26,27,29). The Bertz CT molecular complexity index is 1200. The summed E-state index contributed by atoms with van der Waals surface area (Å²) in [5.74, 6) is -2.35. The summed E-state index contributed by atoms with van der Waals surface area (Å²) >= 11 is 0. The van der Waals surface area contributed by atoms with Crippen molar-refractivity contribution >= 4 is 29.4 Å². The van der Waals surface area contributed by atoms with Gasteiger partial charge >= 0.3 is 5.97 Å². The zero-order valence-electron chi connectivity index (χ0n) is 18.2. The van der Waals surface area contributed by atoms with Gasteiger partial charge in [-0.25, -0.2) is 0 Å². The highest BCUT2D eigenvalue weighted by Crippen LogP contribution is 2.24. The Morgan fingerprint density at radius 1 is 0.912 bits per heavy atom. The van der Waals surface area contributed by atoms with Crippen LogP contribution in [0.1, 0.15) is 28.4 Å². The van der Waals surface area contributed by atoms with E-state index in [4.69, 9.17) is 11.1 Å². The first kappa shape index (κ1) is 24.0. The number of carbonyl (C=O) groups excluding carboxylic acids is 2. The van der Waals surface area contributed by atoms with Gasteiger partial charge in [0.2, 0.25) is 5.91 Å². The number of amides is 2. The Morgan fingerprint density at radius 3 is 2.32 bits per heavy atom. The van der Waals surface area contributed by atoms with Crippen molar-refractivity contribution in [2.24, 2.45) is 5.73 Å². The Balaban J connectivity index is 1.67. The molecule has 1 atom stereocenters. The third-order valence-corrected chi connectivity index (χ3v) is 4.92. The van der Waals surface area contributed by atoms with Gasteiger partial charge in [0, 0.05) is 11.3 Å². The number of hydrogen-bond acceptors (Lipinski definition) is 4. The summed E-state index contributed by atoms with van der Waals surface area (Å²) in [4.78, 5) is 36.4. The average molecular weight is 460 g/mol. The first-order valence-corrected chi connectivity index (χ1v) is 10.5. The van der Waals surface area contributed by atoms with Crippen LogP contribution in [-0.4, -0.2) is 35.4 Å². The highest BCUT2D eigenvalue weighted by atomic mass is 16.4. The summed E-state index contributed by atoms with van der Waals surface area (Å²) in [6.45, 7) is -0.336. The highest BCUT2D eigenvalue weighted by Gasteiger charge is 2.19. The minimum atomic E-state index is -1.06. The molecule has 0 saturated carbocycles. The monoisotopic (exact) mass is 459 g/mol. The van der Waals surface area contributed by atoms with E-state index < -0.39 is 23.8 Å². The van der Waals surface area contributed by atoms with Gasteiger partial charge in [0.1, 0.15) is 0 Å². The molecule has 0 saturated heterocycles. The van der Waals surface area contributed by atoms with Crippen LogP contribution >= 0.6 is 0 Å². The van der Waals surface area contributed by atoms with Gasteiger partial charge in [-0.1, -0.05) is 54.6 Å². The molecule has 0 radical (unpaired) electrons. The normalized spacial score (nSPS) is 11.2. The number of nitrogens with two attached hydrogens (primary N) is 1. The van der Waals surface area contributed by atoms with Crippen LogP contribution in [0.2, 0.25) is 0 Å². The molecule has 7 N–H and O–H groups in total. The van der Waals surface area contributed by atoms with Crippen molar-refractivity contribution < 1.29 is 19.5 Å². The SMILES string of the molecule is N=C(N)Nc1cccc(C(=O)NCC(=O)NC(CC(=O)O)c2cccc(-c3ccccc3)c2)c1. The first-order chi connectivity index (χ1) is 16.3. The number of carbonyl (C=O) groups is 3. The Hall–Kier alpha value is -4.66. The molecule has 9 nitrogen and oxygen atoms in total. The number of carboxylic acids is 1. The molecule has 0 spiro atoms. The second-order valence-electron chi connectivity index (χ2n) is 7.51. The van der Waals surface area contributed by atoms with E-state index >= 15 is 0 Å². The van der Waals surface area contributed by atoms with E-state index in [0.717, 1.165) is 11.1 Å². The molecular weight excluding hydrogens is 434 g/mol. The summed E-state index contributed by atoms with van der Waals surface area (Å²) in [6, 6.07) is 22.5. The lowest BCUT2D eigenvalue weighted by molar-refractivity contribution is -0.137. The molecule has 9 heteroatoms. The summed E-state index contributed by atoms with van der Waals surface area (Å²) < 4.78 is 0. The lowest BCUT2D eigenvalue weighted by atomic mass is 9.98. The summed E-state index contributed by atoms with van der Waals surface area (Å²) in [5.41, 5.74) is 8.55. The van der Waals surface area contributed by atoms with Crippen molar-refractivity contribution in [2.45, 2.75) is 12.5 Å². The van der Waals surface area contributed by atoms with Gasteiger partial charge in [-0.2, -0.15) is 0 Å². The Labute approximate surface area is 196 Å². The van der Waals surface area contributed by atoms with E-state index in [-0.39, 0.29) is 24.5 Å². The molecule has 34 heavy (non-hydrogen) atoms. The number of aliphatic carboxylic acids is 1. The van der Waals surface area contributed by atoms with Crippen molar-refractivity contribution in [1.29, 1.82) is 5.41 Å². The van der Waals surface area contributed by atoms with Gasteiger partial charge in [0.15, 0.2) is 5.96 Å². The van der Waals surface area contributed by atoms with Gasteiger partial charge in [0.25, 0.3) is 5.91 Å². The Kier molecular flexibility index (Phi) is 7.96. The molecule has 3 rings (SSSR count). The van der Waals surface area contributed by atoms with Crippen molar-refractivity contribution in [3.8, 4) is 11.1 Å². The predicted octanol–water partition coefficient (Wildman–Crippen LogP) is 2.72. The number of nitrogens with one attached hydrogen (secondary N) is 4. The second-order valence-corrected chi connectivity index (χ2v) is 7.51. The number of carboxylic acid groups (broad SMARTS) is 1. The predicted molar refractivity (Wildman–Crippen MR) is 129 cm³/mol. The zero-order valence-corrected chi connectivity index (χ0v) is 18.2. The molecule has 3 aromatic carbocycles. The number of anilines is 1. The molecule has 0 aliphatic heterocycles. The number of guanidine groups is 1. The maximum Gasteiger partial charge on any atom is 0.305 e. The van der Waals surface area contributed by atoms with Crippen LogP contribution in [0.4, 0.5) is 5.69 Å². The molecule has 0 aliphatic rings. The Morgan fingerprint density at radius 2 is 1.62 bits per heavy atom. The summed E-state index contributed by atoms with van der Waals surface area (Å²) in [7, 11) is 0. The van der Waals surface area contributed by atoms with Gasteiger partial charge in [-0.3, -0.25) is 19.8 Å². The molecule has 2 amide bonds. The smallest absolute Gasteiger partial charge is 0.305 e. The van der Waals surface area contributed by atoms with Crippen molar-refractivity contribution in [1.82, 2.24) is 10.6 Å². The third-order valence-electron chi connectivity index (χ3n) is 4.92. The molecule has 0 heterocycles. The van der Waals surface area contributed by atoms with Crippen molar-refractivity contribution in [2.75, 3.05) is 11.9 Å². The van der Waals surface area contributed by atoms with Gasteiger partial charge in [-0.15, -0.1) is 0 Å².